The van der Waals surface area contributed by atoms with Crippen molar-refractivity contribution in [2.45, 2.75) is 6.04 Å². The first kappa shape index (κ1) is 19.2. The molecule has 0 bridgehead atoms. The zero-order valence-electron chi connectivity index (χ0n) is 16.3. The molecular formula is C23H20N4O3. The molecule has 7 heteroatoms. The van der Waals surface area contributed by atoms with Crippen molar-refractivity contribution in [3.8, 4) is 17.1 Å². The standard InChI is InChI=1S/C23H20N4O3/c1-29-18-13-12-17(14-25-18)21-19(22(24)30-27-21)23(28)26-20(15-8-4-2-5-9-15)16-10-6-3-7-11-16/h2-14,20H,24H2,1H3,(H,26,28). The van der Waals surface area contributed by atoms with Crippen LogP contribution in [0.25, 0.3) is 11.3 Å². The molecule has 0 radical (unpaired) electrons. The van der Waals surface area contributed by atoms with Crippen molar-refractivity contribution in [1.29, 1.82) is 0 Å². The largest absolute Gasteiger partial charge is 0.481 e. The lowest BCUT2D eigenvalue weighted by molar-refractivity contribution is 0.0944. The number of carbonyl (C=O) groups is 1. The van der Waals surface area contributed by atoms with E-state index in [1.54, 1.807) is 18.3 Å². The molecular weight excluding hydrogens is 380 g/mol. The van der Waals surface area contributed by atoms with E-state index in [0.29, 0.717) is 17.1 Å². The van der Waals surface area contributed by atoms with Crippen molar-refractivity contribution in [2.75, 3.05) is 12.8 Å². The second-order valence-corrected chi connectivity index (χ2v) is 6.59. The molecule has 0 aliphatic heterocycles. The summed E-state index contributed by atoms with van der Waals surface area (Å²) in [6.07, 6.45) is 1.55. The quantitative estimate of drug-likeness (QED) is 0.510. The SMILES string of the molecule is COc1ccc(-c2noc(N)c2C(=O)NC(c2ccccc2)c2ccccc2)cn1. The van der Waals surface area contributed by atoms with Gasteiger partial charge in [0.2, 0.25) is 11.8 Å². The van der Waals surface area contributed by atoms with E-state index in [1.165, 1.54) is 7.11 Å². The van der Waals surface area contributed by atoms with Gasteiger partial charge in [-0.05, 0) is 17.2 Å². The van der Waals surface area contributed by atoms with Gasteiger partial charge < -0.3 is 20.3 Å². The summed E-state index contributed by atoms with van der Waals surface area (Å²) in [5.74, 6) is 0.00454. The Morgan fingerprint density at radius 1 is 1.00 bits per heavy atom. The molecule has 2 aromatic heterocycles. The van der Waals surface area contributed by atoms with Gasteiger partial charge in [-0.1, -0.05) is 65.8 Å². The minimum atomic E-state index is -0.391. The number of ether oxygens (including phenoxy) is 1. The summed E-state index contributed by atoms with van der Waals surface area (Å²) in [5.41, 5.74) is 8.92. The molecule has 4 aromatic rings. The number of anilines is 1. The molecule has 0 saturated carbocycles. The van der Waals surface area contributed by atoms with E-state index in [9.17, 15) is 4.79 Å². The van der Waals surface area contributed by atoms with Crippen LogP contribution in [0.2, 0.25) is 0 Å². The fraction of sp³-hybridized carbons (Fsp3) is 0.0870. The summed E-state index contributed by atoms with van der Waals surface area (Å²) in [7, 11) is 1.53. The van der Waals surface area contributed by atoms with Crippen molar-refractivity contribution >= 4 is 11.8 Å². The van der Waals surface area contributed by atoms with Crippen LogP contribution in [0.4, 0.5) is 5.88 Å². The Balaban J connectivity index is 1.69. The van der Waals surface area contributed by atoms with Crippen molar-refractivity contribution in [1.82, 2.24) is 15.5 Å². The highest BCUT2D eigenvalue weighted by Crippen LogP contribution is 2.29. The number of hydrogen-bond acceptors (Lipinski definition) is 6. The summed E-state index contributed by atoms with van der Waals surface area (Å²) in [6.45, 7) is 0. The highest BCUT2D eigenvalue weighted by atomic mass is 16.5. The smallest absolute Gasteiger partial charge is 0.259 e. The van der Waals surface area contributed by atoms with E-state index in [4.69, 9.17) is 15.0 Å². The lowest BCUT2D eigenvalue weighted by Crippen LogP contribution is -2.30. The lowest BCUT2D eigenvalue weighted by Gasteiger charge is -2.20. The van der Waals surface area contributed by atoms with Crippen LogP contribution in [0.5, 0.6) is 5.88 Å². The zero-order chi connectivity index (χ0) is 20.9. The van der Waals surface area contributed by atoms with Crippen molar-refractivity contribution in [3.63, 3.8) is 0 Å². The molecule has 150 valence electrons. The number of pyridine rings is 1. The third-order valence-corrected chi connectivity index (χ3v) is 4.71. The van der Waals surface area contributed by atoms with E-state index in [1.807, 2.05) is 60.7 Å². The first-order valence-corrected chi connectivity index (χ1v) is 9.33. The summed E-state index contributed by atoms with van der Waals surface area (Å²) in [4.78, 5) is 17.4. The third kappa shape index (κ3) is 3.86. The van der Waals surface area contributed by atoms with Crippen LogP contribution in [0.3, 0.4) is 0 Å². The Bertz CT molecular complexity index is 1090. The summed E-state index contributed by atoms with van der Waals surface area (Å²) in [5, 5.41) is 7.04. The molecule has 2 aromatic carbocycles. The number of rotatable bonds is 6. The number of methoxy groups -OCH3 is 1. The molecule has 0 aliphatic carbocycles. The molecule has 0 atom stereocenters. The number of nitrogens with zero attached hydrogens (tertiary/aromatic N) is 2. The number of carbonyl (C=O) groups excluding carboxylic acids is 1. The number of nitrogens with one attached hydrogen (secondary N) is 1. The maximum atomic E-state index is 13.3. The van der Waals surface area contributed by atoms with Crippen LogP contribution in [0, 0.1) is 0 Å². The van der Waals surface area contributed by atoms with Crippen molar-refractivity contribution in [3.05, 3.63) is 95.7 Å². The minimum Gasteiger partial charge on any atom is -0.481 e. The Kier molecular flexibility index (Phi) is 5.43. The molecule has 30 heavy (non-hydrogen) atoms. The van der Waals surface area contributed by atoms with Crippen molar-refractivity contribution < 1.29 is 14.1 Å². The summed E-state index contributed by atoms with van der Waals surface area (Å²) >= 11 is 0. The summed E-state index contributed by atoms with van der Waals surface area (Å²) < 4.78 is 10.2. The first-order chi connectivity index (χ1) is 14.7. The predicted molar refractivity (Wildman–Crippen MR) is 113 cm³/mol. The van der Waals surface area contributed by atoms with Gasteiger partial charge in [0.1, 0.15) is 11.3 Å². The van der Waals surface area contributed by atoms with E-state index in [-0.39, 0.29) is 17.5 Å². The number of benzene rings is 2. The Hall–Kier alpha value is -4.13. The van der Waals surface area contributed by atoms with Gasteiger partial charge in [-0.15, -0.1) is 0 Å². The monoisotopic (exact) mass is 400 g/mol. The number of nitrogen functional groups attached to an aromatic ring is 1. The normalized spacial score (nSPS) is 10.7. The zero-order valence-corrected chi connectivity index (χ0v) is 16.3. The molecule has 1 amide bonds. The van der Waals surface area contributed by atoms with E-state index in [2.05, 4.69) is 15.5 Å². The average Bonchev–Trinajstić information content (AvgIpc) is 3.20. The van der Waals surface area contributed by atoms with Crippen LogP contribution in [-0.4, -0.2) is 23.2 Å². The van der Waals surface area contributed by atoms with Crippen LogP contribution in [-0.2, 0) is 0 Å². The average molecular weight is 400 g/mol. The number of hydrogen-bond donors (Lipinski definition) is 2. The number of aromatic nitrogens is 2. The predicted octanol–water partition coefficient (Wildman–Crippen LogP) is 3.85. The Morgan fingerprint density at radius 3 is 2.17 bits per heavy atom. The molecule has 0 spiro atoms. The van der Waals surface area contributed by atoms with Crippen LogP contribution < -0.4 is 15.8 Å². The molecule has 0 saturated heterocycles. The molecule has 7 nitrogen and oxygen atoms in total. The molecule has 0 unspecified atom stereocenters. The second-order valence-electron chi connectivity index (χ2n) is 6.59. The van der Waals surface area contributed by atoms with Crippen LogP contribution in [0.15, 0.2) is 83.5 Å². The second kappa shape index (κ2) is 8.48. The number of nitrogens with two attached hydrogens (primary N) is 1. The molecule has 3 N–H and O–H groups in total. The Morgan fingerprint density at radius 2 is 1.63 bits per heavy atom. The van der Waals surface area contributed by atoms with E-state index < -0.39 is 5.91 Å². The fourth-order valence-electron chi connectivity index (χ4n) is 3.21. The maximum absolute atomic E-state index is 13.3. The van der Waals surface area contributed by atoms with Gasteiger partial charge >= 0.3 is 0 Å². The molecule has 4 rings (SSSR count). The summed E-state index contributed by atoms with van der Waals surface area (Å²) in [6, 6.07) is 22.5. The van der Waals surface area contributed by atoms with Gasteiger partial charge in [0.25, 0.3) is 5.91 Å². The Labute approximate surface area is 173 Å². The molecule has 2 heterocycles. The lowest BCUT2D eigenvalue weighted by atomic mass is 9.98. The van der Waals surface area contributed by atoms with Gasteiger partial charge in [-0.2, -0.15) is 0 Å². The van der Waals surface area contributed by atoms with Crippen molar-refractivity contribution in [2.24, 2.45) is 0 Å². The van der Waals surface area contributed by atoms with E-state index in [0.717, 1.165) is 11.1 Å². The van der Waals surface area contributed by atoms with Gasteiger partial charge in [0.15, 0.2) is 0 Å². The van der Waals surface area contributed by atoms with Gasteiger partial charge in [-0.25, -0.2) is 4.98 Å². The highest BCUT2D eigenvalue weighted by molar-refractivity contribution is 6.03. The maximum Gasteiger partial charge on any atom is 0.259 e. The van der Waals surface area contributed by atoms with Gasteiger partial charge in [-0.3, -0.25) is 4.79 Å². The first-order valence-electron chi connectivity index (χ1n) is 9.33. The van der Waals surface area contributed by atoms with Gasteiger partial charge in [0, 0.05) is 17.8 Å². The van der Waals surface area contributed by atoms with Crippen LogP contribution >= 0.6 is 0 Å². The fourth-order valence-corrected chi connectivity index (χ4v) is 3.21. The minimum absolute atomic E-state index is 0.0572. The van der Waals surface area contributed by atoms with Crippen LogP contribution in [0.1, 0.15) is 27.5 Å². The highest BCUT2D eigenvalue weighted by Gasteiger charge is 2.26. The van der Waals surface area contributed by atoms with E-state index >= 15 is 0 Å². The molecule has 0 aliphatic rings. The third-order valence-electron chi connectivity index (χ3n) is 4.71. The number of amides is 1. The van der Waals surface area contributed by atoms with Gasteiger partial charge in [0.05, 0.1) is 13.2 Å². The topological polar surface area (TPSA) is 103 Å². The molecule has 0 fully saturated rings.